The molecular weight excluding hydrogens is 202 g/mol. The Morgan fingerprint density at radius 1 is 1.71 bits per heavy atom. The van der Waals surface area contributed by atoms with Gasteiger partial charge in [0.05, 0.1) is 18.9 Å². The van der Waals surface area contributed by atoms with Crippen LogP contribution in [-0.2, 0) is 22.1 Å². The third-order valence-corrected chi connectivity index (χ3v) is 2.95. The zero-order chi connectivity index (χ0) is 10.2. The summed E-state index contributed by atoms with van der Waals surface area (Å²) >= 11 is 1.14. The molecule has 0 aliphatic carbocycles. The van der Waals surface area contributed by atoms with Gasteiger partial charge in [0.25, 0.3) is 0 Å². The highest BCUT2D eigenvalue weighted by Gasteiger charge is 2.43. The largest absolute Gasteiger partial charge is 0.374 e. The number of hydrogen-bond acceptors (Lipinski definition) is 5. The molecule has 0 aromatic carbocycles. The van der Waals surface area contributed by atoms with Crippen molar-refractivity contribution < 1.29 is 9.47 Å². The Kier molecular flexibility index (Phi) is 2.52. The summed E-state index contributed by atoms with van der Waals surface area (Å²) in [6.45, 7) is 1.16. The van der Waals surface area contributed by atoms with Crippen LogP contribution in [0.1, 0.15) is 5.69 Å². The van der Waals surface area contributed by atoms with Crippen LogP contribution in [0.4, 0.5) is 0 Å². The summed E-state index contributed by atoms with van der Waals surface area (Å²) in [6, 6.07) is 1.94. The summed E-state index contributed by atoms with van der Waals surface area (Å²) in [7, 11) is 3.57. The van der Waals surface area contributed by atoms with Crippen LogP contribution in [0.3, 0.4) is 0 Å². The van der Waals surface area contributed by atoms with Crippen LogP contribution in [0.15, 0.2) is 11.1 Å². The van der Waals surface area contributed by atoms with Crippen LogP contribution in [-0.4, -0.2) is 30.1 Å². The van der Waals surface area contributed by atoms with Crippen LogP contribution >= 0.6 is 11.9 Å². The quantitative estimate of drug-likeness (QED) is 0.733. The van der Waals surface area contributed by atoms with E-state index in [0.29, 0.717) is 13.2 Å². The van der Waals surface area contributed by atoms with Crippen molar-refractivity contribution in [3.8, 4) is 0 Å². The topological polar surface area (TPSA) is 62.3 Å². The highest BCUT2D eigenvalue weighted by molar-refractivity contribution is 7.97. The summed E-state index contributed by atoms with van der Waals surface area (Å²) in [6.07, 6.45) is 0. The zero-order valence-corrected chi connectivity index (χ0v) is 9.00. The highest BCUT2D eigenvalue weighted by Crippen LogP contribution is 2.33. The van der Waals surface area contributed by atoms with Crippen molar-refractivity contribution >= 4 is 11.9 Å². The van der Waals surface area contributed by atoms with Crippen LogP contribution in [0, 0.1) is 0 Å². The maximum atomic E-state index is 5.46. The van der Waals surface area contributed by atoms with Crippen LogP contribution in [0.5, 0.6) is 0 Å². The maximum Gasteiger partial charge on any atom is 0.155 e. The number of aromatic nitrogens is 2. The molecule has 1 aromatic rings. The SMILES string of the molecule is COC1(c2cc(SN)nn2C)COC1. The Morgan fingerprint density at radius 2 is 2.43 bits per heavy atom. The third kappa shape index (κ3) is 1.35. The molecule has 1 fully saturated rings. The van der Waals surface area contributed by atoms with Crippen molar-refractivity contribution in [1.82, 2.24) is 9.78 Å². The molecular formula is C8H13N3O2S. The van der Waals surface area contributed by atoms with E-state index in [4.69, 9.17) is 14.6 Å². The van der Waals surface area contributed by atoms with Gasteiger partial charge in [-0.15, -0.1) is 0 Å². The number of rotatable bonds is 3. The molecule has 0 spiro atoms. The second-order valence-electron chi connectivity index (χ2n) is 3.30. The van der Waals surface area contributed by atoms with Crippen molar-refractivity contribution in [2.24, 2.45) is 12.2 Å². The maximum absolute atomic E-state index is 5.46. The van der Waals surface area contributed by atoms with E-state index in [0.717, 1.165) is 22.7 Å². The number of aryl methyl sites for hydroxylation is 1. The Balaban J connectivity index is 2.34. The summed E-state index contributed by atoms with van der Waals surface area (Å²) in [4.78, 5) is 0. The van der Waals surface area contributed by atoms with Gasteiger partial charge in [0.2, 0.25) is 0 Å². The predicted molar refractivity (Wildman–Crippen MR) is 52.8 cm³/mol. The molecule has 6 heteroatoms. The molecule has 0 saturated carbocycles. The van der Waals surface area contributed by atoms with E-state index in [1.54, 1.807) is 11.8 Å². The number of nitrogens with zero attached hydrogens (tertiary/aromatic N) is 2. The lowest BCUT2D eigenvalue weighted by Crippen LogP contribution is -2.49. The van der Waals surface area contributed by atoms with Crippen LogP contribution in [0.25, 0.3) is 0 Å². The first kappa shape index (κ1) is 9.97. The number of methoxy groups -OCH3 is 1. The molecule has 1 aromatic heterocycles. The fraction of sp³-hybridized carbons (Fsp3) is 0.625. The monoisotopic (exact) mass is 215 g/mol. The molecule has 0 radical (unpaired) electrons. The Hall–Kier alpha value is -0.560. The van der Waals surface area contributed by atoms with E-state index in [1.165, 1.54) is 0 Å². The van der Waals surface area contributed by atoms with Gasteiger partial charge in [0.1, 0.15) is 5.03 Å². The smallest absolute Gasteiger partial charge is 0.155 e. The molecule has 1 saturated heterocycles. The van der Waals surface area contributed by atoms with Gasteiger partial charge in [-0.3, -0.25) is 9.82 Å². The molecule has 2 rings (SSSR count). The number of nitrogens with two attached hydrogens (primary N) is 1. The van der Waals surface area contributed by atoms with Crippen molar-refractivity contribution in [1.29, 1.82) is 0 Å². The molecule has 0 unspecified atom stereocenters. The third-order valence-electron chi connectivity index (χ3n) is 2.51. The number of hydrogen-bond donors (Lipinski definition) is 1. The molecule has 78 valence electrons. The lowest BCUT2D eigenvalue weighted by Gasteiger charge is -2.39. The number of ether oxygens (including phenoxy) is 2. The first-order valence-corrected chi connectivity index (χ1v) is 5.14. The van der Waals surface area contributed by atoms with Gasteiger partial charge in [-0.2, -0.15) is 5.10 Å². The van der Waals surface area contributed by atoms with E-state index in [1.807, 2.05) is 13.1 Å². The van der Waals surface area contributed by atoms with E-state index in [2.05, 4.69) is 5.10 Å². The van der Waals surface area contributed by atoms with Crippen LogP contribution in [0.2, 0.25) is 0 Å². The minimum absolute atomic E-state index is 0.324. The first-order chi connectivity index (χ1) is 6.72. The summed E-state index contributed by atoms with van der Waals surface area (Å²) < 4.78 is 12.4. The van der Waals surface area contributed by atoms with Gasteiger partial charge in [0.15, 0.2) is 5.60 Å². The highest BCUT2D eigenvalue weighted by atomic mass is 32.2. The molecule has 14 heavy (non-hydrogen) atoms. The summed E-state index contributed by atoms with van der Waals surface area (Å²) in [5, 5.41) is 10.5. The van der Waals surface area contributed by atoms with Crippen molar-refractivity contribution in [3.63, 3.8) is 0 Å². The minimum atomic E-state index is -0.324. The second-order valence-corrected chi connectivity index (χ2v) is 3.95. The Bertz CT molecular complexity index is 330. The Labute approximate surface area is 86.7 Å². The standard InChI is InChI=1S/C8H13N3O2S/c1-11-6(3-7(10-11)14-9)8(12-2)4-13-5-8/h3H,4-5,9H2,1-2H3. The lowest BCUT2D eigenvalue weighted by atomic mass is 9.97. The van der Waals surface area contributed by atoms with Crippen molar-refractivity contribution in [3.05, 3.63) is 11.8 Å². The molecule has 2 N–H and O–H groups in total. The van der Waals surface area contributed by atoms with Gasteiger partial charge < -0.3 is 9.47 Å². The average Bonchev–Trinajstić information content (AvgIpc) is 2.48. The van der Waals surface area contributed by atoms with Gasteiger partial charge in [0, 0.05) is 14.2 Å². The predicted octanol–water partition coefficient (Wildman–Crippen LogP) is 0.258. The molecule has 0 atom stereocenters. The zero-order valence-electron chi connectivity index (χ0n) is 8.19. The Morgan fingerprint density at radius 3 is 2.79 bits per heavy atom. The van der Waals surface area contributed by atoms with E-state index in [-0.39, 0.29) is 5.60 Å². The summed E-state index contributed by atoms with van der Waals surface area (Å²) in [5.41, 5.74) is 0.689. The van der Waals surface area contributed by atoms with Gasteiger partial charge in [-0.1, -0.05) is 0 Å². The molecule has 5 nitrogen and oxygen atoms in total. The fourth-order valence-electron chi connectivity index (χ4n) is 1.58. The van der Waals surface area contributed by atoms with Crippen molar-refractivity contribution in [2.45, 2.75) is 10.6 Å². The first-order valence-electron chi connectivity index (χ1n) is 4.26. The molecule has 1 aliphatic heterocycles. The minimum Gasteiger partial charge on any atom is -0.374 e. The normalized spacial score (nSPS) is 19.4. The second kappa shape index (κ2) is 3.54. The summed E-state index contributed by atoms with van der Waals surface area (Å²) in [5.74, 6) is 0. The van der Waals surface area contributed by atoms with E-state index < -0.39 is 0 Å². The molecule has 2 heterocycles. The fourth-order valence-corrected chi connectivity index (χ4v) is 1.93. The van der Waals surface area contributed by atoms with E-state index >= 15 is 0 Å². The average molecular weight is 215 g/mol. The molecule has 0 bridgehead atoms. The lowest BCUT2D eigenvalue weighted by molar-refractivity contribution is -0.206. The molecule has 1 aliphatic rings. The van der Waals surface area contributed by atoms with Gasteiger partial charge in [-0.25, -0.2) is 0 Å². The van der Waals surface area contributed by atoms with Gasteiger partial charge in [-0.05, 0) is 18.0 Å². The van der Waals surface area contributed by atoms with Gasteiger partial charge >= 0.3 is 0 Å². The van der Waals surface area contributed by atoms with Crippen molar-refractivity contribution in [2.75, 3.05) is 20.3 Å². The molecule has 0 amide bonds. The van der Waals surface area contributed by atoms with Crippen LogP contribution < -0.4 is 5.14 Å². The van der Waals surface area contributed by atoms with E-state index in [9.17, 15) is 0 Å².